The van der Waals surface area contributed by atoms with Gasteiger partial charge in [-0.05, 0) is 39.4 Å². The summed E-state index contributed by atoms with van der Waals surface area (Å²) >= 11 is 1.79. The molecule has 0 aliphatic heterocycles. The highest BCUT2D eigenvalue weighted by Gasteiger charge is 2.14. The topological polar surface area (TPSA) is 20.3 Å². The van der Waals surface area contributed by atoms with Crippen molar-refractivity contribution >= 4 is 17.5 Å². The highest BCUT2D eigenvalue weighted by molar-refractivity contribution is 7.98. The predicted octanol–water partition coefficient (Wildman–Crippen LogP) is 1.26. The second-order valence-electron chi connectivity index (χ2n) is 2.87. The summed E-state index contributed by atoms with van der Waals surface area (Å²) in [6.45, 7) is 1.66. The van der Waals surface area contributed by atoms with E-state index in [0.29, 0.717) is 0 Å². The first kappa shape index (κ1) is 11.0. The van der Waals surface area contributed by atoms with Crippen molar-refractivity contribution in [3.05, 3.63) is 0 Å². The van der Waals surface area contributed by atoms with Crippen LogP contribution in [-0.4, -0.2) is 42.8 Å². The number of likely N-dealkylation sites (N-methyl/N-ethyl adjacent to an activating group) is 1. The van der Waals surface area contributed by atoms with Gasteiger partial charge in [-0.2, -0.15) is 11.8 Å². The fourth-order valence-electron chi connectivity index (χ4n) is 1.05. The van der Waals surface area contributed by atoms with E-state index in [1.54, 1.807) is 18.7 Å². The average molecular weight is 175 g/mol. The number of hydrogen-bond acceptors (Lipinski definition) is 3. The van der Waals surface area contributed by atoms with Gasteiger partial charge < -0.3 is 0 Å². The third-order valence-electron chi connectivity index (χ3n) is 1.69. The van der Waals surface area contributed by atoms with Gasteiger partial charge in [0.1, 0.15) is 5.78 Å². The molecule has 0 unspecified atom stereocenters. The third-order valence-corrected chi connectivity index (χ3v) is 2.33. The van der Waals surface area contributed by atoms with Gasteiger partial charge >= 0.3 is 0 Å². The second kappa shape index (κ2) is 5.61. The van der Waals surface area contributed by atoms with Gasteiger partial charge in [0, 0.05) is 0 Å². The minimum atomic E-state index is 0.113. The van der Waals surface area contributed by atoms with Crippen LogP contribution in [0, 0.1) is 0 Å². The summed E-state index contributed by atoms with van der Waals surface area (Å²) in [5, 5.41) is 0. The zero-order chi connectivity index (χ0) is 8.85. The summed E-state index contributed by atoms with van der Waals surface area (Å²) in [6.07, 6.45) is 3.02. The van der Waals surface area contributed by atoms with E-state index in [2.05, 4.69) is 6.26 Å². The maximum atomic E-state index is 11.0. The van der Waals surface area contributed by atoms with Crippen LogP contribution in [0.5, 0.6) is 0 Å². The predicted molar refractivity (Wildman–Crippen MR) is 51.2 cm³/mol. The van der Waals surface area contributed by atoms with E-state index in [-0.39, 0.29) is 11.8 Å². The Morgan fingerprint density at radius 2 is 2.09 bits per heavy atom. The van der Waals surface area contributed by atoms with Crippen LogP contribution in [0.25, 0.3) is 0 Å². The molecule has 0 saturated carbocycles. The van der Waals surface area contributed by atoms with Crippen molar-refractivity contribution in [3.63, 3.8) is 0 Å². The summed E-state index contributed by atoms with van der Waals surface area (Å²) in [5.74, 6) is 1.33. The van der Waals surface area contributed by atoms with Crippen LogP contribution in [0.15, 0.2) is 0 Å². The van der Waals surface area contributed by atoms with E-state index in [9.17, 15) is 4.79 Å². The SMILES string of the molecule is CSCC[C@@H](C(C)=O)N(C)C. The maximum Gasteiger partial charge on any atom is 0.146 e. The van der Waals surface area contributed by atoms with Crippen molar-refractivity contribution in [3.8, 4) is 0 Å². The van der Waals surface area contributed by atoms with Crippen LogP contribution in [0.2, 0.25) is 0 Å². The first-order valence-corrected chi connectivity index (χ1v) is 5.14. The van der Waals surface area contributed by atoms with Gasteiger partial charge in [-0.25, -0.2) is 0 Å². The highest BCUT2D eigenvalue weighted by atomic mass is 32.2. The number of carbonyl (C=O) groups excluding carboxylic acids is 1. The van der Waals surface area contributed by atoms with Gasteiger partial charge in [0.2, 0.25) is 0 Å². The van der Waals surface area contributed by atoms with Crippen molar-refractivity contribution < 1.29 is 4.79 Å². The molecule has 3 heteroatoms. The van der Waals surface area contributed by atoms with Crippen LogP contribution in [0.3, 0.4) is 0 Å². The Morgan fingerprint density at radius 3 is 2.36 bits per heavy atom. The smallest absolute Gasteiger partial charge is 0.146 e. The number of hydrogen-bond donors (Lipinski definition) is 0. The molecule has 0 aromatic carbocycles. The fourth-order valence-corrected chi connectivity index (χ4v) is 1.51. The Balaban J connectivity index is 3.80. The highest BCUT2D eigenvalue weighted by Crippen LogP contribution is 2.05. The average Bonchev–Trinajstić information content (AvgIpc) is 1.87. The number of ketones is 1. The zero-order valence-electron chi connectivity index (χ0n) is 7.76. The van der Waals surface area contributed by atoms with Gasteiger partial charge in [0.15, 0.2) is 0 Å². The lowest BCUT2D eigenvalue weighted by molar-refractivity contribution is -0.121. The molecular weight excluding hydrogens is 158 g/mol. The molecule has 0 saturated heterocycles. The maximum absolute atomic E-state index is 11.0. The van der Waals surface area contributed by atoms with E-state index in [1.807, 2.05) is 19.0 Å². The molecule has 0 fully saturated rings. The Bertz CT molecular complexity index is 125. The van der Waals surface area contributed by atoms with Crippen molar-refractivity contribution in [2.45, 2.75) is 19.4 Å². The molecule has 0 radical (unpaired) electrons. The van der Waals surface area contributed by atoms with Crippen LogP contribution in [0.1, 0.15) is 13.3 Å². The molecule has 1 atom stereocenters. The van der Waals surface area contributed by atoms with E-state index in [0.717, 1.165) is 12.2 Å². The van der Waals surface area contributed by atoms with Crippen LogP contribution in [0.4, 0.5) is 0 Å². The molecule has 0 rings (SSSR count). The molecule has 0 aliphatic carbocycles. The van der Waals surface area contributed by atoms with Gasteiger partial charge in [-0.15, -0.1) is 0 Å². The summed E-state index contributed by atoms with van der Waals surface area (Å²) in [7, 11) is 3.90. The van der Waals surface area contributed by atoms with E-state index >= 15 is 0 Å². The van der Waals surface area contributed by atoms with Crippen LogP contribution >= 0.6 is 11.8 Å². The summed E-state index contributed by atoms with van der Waals surface area (Å²) in [5.41, 5.74) is 0. The summed E-state index contributed by atoms with van der Waals surface area (Å²) in [4.78, 5) is 13.0. The molecule has 11 heavy (non-hydrogen) atoms. The van der Waals surface area contributed by atoms with Crippen LogP contribution in [-0.2, 0) is 4.79 Å². The zero-order valence-corrected chi connectivity index (χ0v) is 8.57. The van der Waals surface area contributed by atoms with Crippen molar-refractivity contribution in [1.82, 2.24) is 4.90 Å². The molecule has 0 aromatic rings. The van der Waals surface area contributed by atoms with Crippen LogP contribution < -0.4 is 0 Å². The van der Waals surface area contributed by atoms with Gasteiger partial charge in [-0.3, -0.25) is 9.69 Å². The monoisotopic (exact) mass is 175 g/mol. The summed E-state index contributed by atoms with van der Waals surface area (Å²) in [6, 6.07) is 0.113. The van der Waals surface area contributed by atoms with E-state index in [4.69, 9.17) is 0 Å². The summed E-state index contributed by atoms with van der Waals surface area (Å²) < 4.78 is 0. The second-order valence-corrected chi connectivity index (χ2v) is 3.86. The minimum absolute atomic E-state index is 0.113. The third kappa shape index (κ3) is 4.43. The molecule has 0 aliphatic rings. The van der Waals surface area contributed by atoms with E-state index < -0.39 is 0 Å². The number of thioether (sulfide) groups is 1. The number of carbonyl (C=O) groups is 1. The lowest BCUT2D eigenvalue weighted by Crippen LogP contribution is -2.34. The molecule has 0 heterocycles. The van der Waals surface area contributed by atoms with Gasteiger partial charge in [0.05, 0.1) is 6.04 Å². The number of nitrogens with zero attached hydrogens (tertiary/aromatic N) is 1. The van der Waals surface area contributed by atoms with E-state index in [1.165, 1.54) is 0 Å². The standard InChI is InChI=1S/C8H17NOS/c1-7(10)8(9(2)3)5-6-11-4/h8H,5-6H2,1-4H3/t8-/m0/s1. The molecule has 0 amide bonds. The first-order chi connectivity index (χ1) is 5.09. The van der Waals surface area contributed by atoms with Gasteiger partial charge in [-0.1, -0.05) is 0 Å². The number of Topliss-reactive ketones (excluding diaryl/α,β-unsaturated/α-hetero) is 1. The molecule has 66 valence electrons. The Hall–Kier alpha value is -0.0200. The lowest BCUT2D eigenvalue weighted by atomic mass is 10.1. The van der Waals surface area contributed by atoms with Crippen molar-refractivity contribution in [2.75, 3.05) is 26.1 Å². The number of rotatable bonds is 5. The van der Waals surface area contributed by atoms with Gasteiger partial charge in [0.25, 0.3) is 0 Å². The van der Waals surface area contributed by atoms with Crippen molar-refractivity contribution in [2.24, 2.45) is 0 Å². The quantitative estimate of drug-likeness (QED) is 0.627. The Kier molecular flexibility index (Phi) is 5.60. The molecule has 0 bridgehead atoms. The fraction of sp³-hybridized carbons (Fsp3) is 0.875. The molecule has 0 N–H and O–H groups in total. The normalized spacial score (nSPS) is 13.5. The lowest BCUT2D eigenvalue weighted by Gasteiger charge is -2.20. The molecular formula is C8H17NOS. The van der Waals surface area contributed by atoms with Crippen molar-refractivity contribution in [1.29, 1.82) is 0 Å². The minimum Gasteiger partial charge on any atom is -0.300 e. The Labute approximate surface area is 73.3 Å². The molecule has 0 spiro atoms. The molecule has 2 nitrogen and oxygen atoms in total. The largest absolute Gasteiger partial charge is 0.300 e. The Morgan fingerprint density at radius 1 is 1.55 bits per heavy atom. The first-order valence-electron chi connectivity index (χ1n) is 3.75. The molecule has 0 aromatic heterocycles.